The van der Waals surface area contributed by atoms with Crippen LogP contribution in [0, 0.1) is 5.82 Å². The van der Waals surface area contributed by atoms with Gasteiger partial charge < -0.3 is 28.5 Å². The minimum atomic E-state index is -0.568. The van der Waals surface area contributed by atoms with Gasteiger partial charge in [0.1, 0.15) is 24.3 Å². The van der Waals surface area contributed by atoms with Crippen molar-refractivity contribution in [1.29, 1.82) is 0 Å². The smallest absolute Gasteiger partial charge is 0.414 e. The largest absolute Gasteiger partial charge is 0.471 e. The molecule has 2 aliphatic heterocycles. The van der Waals surface area contributed by atoms with E-state index >= 15 is 0 Å². The first-order chi connectivity index (χ1) is 15.7. The summed E-state index contributed by atoms with van der Waals surface area (Å²) in [5, 5.41) is 3.63. The van der Waals surface area contributed by atoms with Gasteiger partial charge in [-0.25, -0.2) is 14.0 Å². The van der Waals surface area contributed by atoms with Crippen LogP contribution in [0.5, 0.6) is 5.88 Å². The van der Waals surface area contributed by atoms with E-state index in [4.69, 9.17) is 14.2 Å². The number of nitrogens with zero attached hydrogens (tertiary/aromatic N) is 4. The molecule has 11 heteroatoms. The van der Waals surface area contributed by atoms with Gasteiger partial charge in [0.05, 0.1) is 17.9 Å². The summed E-state index contributed by atoms with van der Waals surface area (Å²) in [6, 6.07) is 6.19. The van der Waals surface area contributed by atoms with Crippen LogP contribution in [0.2, 0.25) is 0 Å². The van der Waals surface area contributed by atoms with Gasteiger partial charge in [-0.15, -0.1) is 0 Å². The molecular formula is C22H27FN4O6. The van der Waals surface area contributed by atoms with Gasteiger partial charge in [-0.1, -0.05) is 0 Å². The maximum atomic E-state index is 15.0. The third-order valence-electron chi connectivity index (χ3n) is 5.22. The average molecular weight is 462 g/mol. The molecule has 3 heterocycles. The molecule has 4 rings (SSSR count). The van der Waals surface area contributed by atoms with Crippen LogP contribution in [0.25, 0.3) is 0 Å². The summed E-state index contributed by atoms with van der Waals surface area (Å²) in [5.41, 5.74) is 0.257. The van der Waals surface area contributed by atoms with Crippen molar-refractivity contribution in [3.8, 4) is 5.88 Å². The molecular weight excluding hydrogens is 435 g/mol. The van der Waals surface area contributed by atoms with E-state index in [0.717, 1.165) is 0 Å². The van der Waals surface area contributed by atoms with Crippen LogP contribution in [-0.4, -0.2) is 73.3 Å². The number of aromatic nitrogens is 1. The zero-order valence-electron chi connectivity index (χ0n) is 18.8. The molecule has 2 aromatic rings. The van der Waals surface area contributed by atoms with E-state index in [1.165, 1.54) is 17.2 Å². The number of amides is 2. The standard InChI is InChI=1S/C22H27FN4O6/c1-22(2,3)33-20(28)26-9-7-25(8-10-26)18-5-4-15(12-17(18)23)27-13-16(32-21(27)29)14-30-19-6-11-31-24-19/h4-6,11-12,16H,7-10,13-14H2,1-3H3. The van der Waals surface area contributed by atoms with E-state index < -0.39 is 23.6 Å². The minimum absolute atomic E-state index is 0.108. The van der Waals surface area contributed by atoms with Crippen LogP contribution in [-0.2, 0) is 9.47 Å². The molecule has 0 bridgehead atoms. The highest BCUT2D eigenvalue weighted by Crippen LogP contribution is 2.29. The number of carbonyl (C=O) groups excluding carboxylic acids is 2. The highest BCUT2D eigenvalue weighted by atomic mass is 19.1. The maximum absolute atomic E-state index is 15.0. The first kappa shape index (κ1) is 22.7. The van der Waals surface area contributed by atoms with E-state index in [9.17, 15) is 14.0 Å². The molecule has 1 atom stereocenters. The number of benzene rings is 1. The number of piperazine rings is 1. The summed E-state index contributed by atoms with van der Waals surface area (Å²) in [6.07, 6.45) is -0.0725. The Morgan fingerprint density at radius 3 is 2.61 bits per heavy atom. The lowest BCUT2D eigenvalue weighted by atomic mass is 10.2. The normalized spacial score (nSPS) is 19.0. The first-order valence-electron chi connectivity index (χ1n) is 10.7. The quantitative estimate of drug-likeness (QED) is 0.668. The van der Waals surface area contributed by atoms with E-state index in [1.807, 2.05) is 25.7 Å². The number of hydrogen-bond acceptors (Lipinski definition) is 8. The van der Waals surface area contributed by atoms with Crippen molar-refractivity contribution in [2.45, 2.75) is 32.5 Å². The summed E-state index contributed by atoms with van der Waals surface area (Å²) in [7, 11) is 0. The third-order valence-corrected chi connectivity index (χ3v) is 5.22. The predicted molar refractivity (Wildman–Crippen MR) is 116 cm³/mol. The van der Waals surface area contributed by atoms with Gasteiger partial charge >= 0.3 is 12.2 Å². The Bertz CT molecular complexity index is 985. The topological polar surface area (TPSA) is 97.6 Å². The van der Waals surface area contributed by atoms with E-state index in [-0.39, 0.29) is 19.2 Å². The number of cyclic esters (lactones) is 1. The zero-order chi connectivity index (χ0) is 23.6. The molecule has 2 amide bonds. The van der Waals surface area contributed by atoms with E-state index in [1.54, 1.807) is 23.1 Å². The van der Waals surface area contributed by atoms with Crippen LogP contribution in [0.1, 0.15) is 20.8 Å². The number of carbonyl (C=O) groups is 2. The number of anilines is 2. The van der Waals surface area contributed by atoms with E-state index in [0.29, 0.717) is 43.4 Å². The first-order valence-corrected chi connectivity index (χ1v) is 10.7. The second-order valence-corrected chi connectivity index (χ2v) is 8.86. The molecule has 0 radical (unpaired) electrons. The summed E-state index contributed by atoms with van der Waals surface area (Å²) in [5.74, 6) is -0.153. The third kappa shape index (κ3) is 5.47. The van der Waals surface area contributed by atoms with Crippen molar-refractivity contribution < 1.29 is 32.7 Å². The van der Waals surface area contributed by atoms with Crippen molar-refractivity contribution in [1.82, 2.24) is 10.1 Å². The molecule has 178 valence electrons. The molecule has 2 saturated heterocycles. The molecule has 1 aromatic carbocycles. The van der Waals surface area contributed by atoms with Crippen molar-refractivity contribution in [2.24, 2.45) is 0 Å². The number of rotatable bonds is 5. The minimum Gasteiger partial charge on any atom is -0.471 e. The lowest BCUT2D eigenvalue weighted by molar-refractivity contribution is 0.0240. The fourth-order valence-electron chi connectivity index (χ4n) is 3.65. The summed E-state index contributed by atoms with van der Waals surface area (Å²) in [4.78, 5) is 29.4. The Labute approximate surface area is 190 Å². The number of hydrogen-bond donors (Lipinski definition) is 0. The Hall–Kier alpha value is -3.50. The fourth-order valence-corrected chi connectivity index (χ4v) is 3.65. The van der Waals surface area contributed by atoms with E-state index in [2.05, 4.69) is 9.68 Å². The molecule has 0 spiro atoms. The van der Waals surface area contributed by atoms with Crippen LogP contribution < -0.4 is 14.5 Å². The second kappa shape index (κ2) is 9.16. The molecule has 1 aromatic heterocycles. The highest BCUT2D eigenvalue weighted by Gasteiger charge is 2.34. The highest BCUT2D eigenvalue weighted by molar-refractivity contribution is 5.90. The monoisotopic (exact) mass is 462 g/mol. The lowest BCUT2D eigenvalue weighted by Gasteiger charge is -2.37. The van der Waals surface area contributed by atoms with Crippen LogP contribution in [0.15, 0.2) is 35.1 Å². The van der Waals surface area contributed by atoms with Gasteiger partial charge in [0.2, 0.25) is 0 Å². The number of ether oxygens (including phenoxy) is 3. The van der Waals surface area contributed by atoms with Crippen molar-refractivity contribution in [3.05, 3.63) is 36.3 Å². The van der Waals surface area contributed by atoms with Crippen LogP contribution in [0.3, 0.4) is 0 Å². The van der Waals surface area contributed by atoms with Crippen molar-refractivity contribution >= 4 is 23.6 Å². The molecule has 0 aliphatic carbocycles. The molecule has 1 unspecified atom stereocenters. The number of halogens is 1. The van der Waals surface area contributed by atoms with Crippen molar-refractivity contribution in [2.75, 3.05) is 49.1 Å². The lowest BCUT2D eigenvalue weighted by Crippen LogP contribution is -2.50. The van der Waals surface area contributed by atoms with Gasteiger partial charge in [-0.05, 0) is 44.1 Å². The van der Waals surface area contributed by atoms with Gasteiger partial charge in [0.15, 0.2) is 6.10 Å². The Kier molecular flexibility index (Phi) is 6.30. The summed E-state index contributed by atoms with van der Waals surface area (Å²) in [6.45, 7) is 7.61. The second-order valence-electron chi connectivity index (χ2n) is 8.86. The Morgan fingerprint density at radius 1 is 1.21 bits per heavy atom. The zero-order valence-corrected chi connectivity index (χ0v) is 18.8. The summed E-state index contributed by atoms with van der Waals surface area (Å²) >= 11 is 0. The Balaban J connectivity index is 1.34. The maximum Gasteiger partial charge on any atom is 0.414 e. The van der Waals surface area contributed by atoms with Gasteiger partial charge in [0, 0.05) is 32.2 Å². The molecule has 0 N–H and O–H groups in total. The van der Waals surface area contributed by atoms with Crippen LogP contribution in [0.4, 0.5) is 25.4 Å². The fraction of sp³-hybridized carbons (Fsp3) is 0.500. The molecule has 2 fully saturated rings. The molecule has 10 nitrogen and oxygen atoms in total. The molecule has 2 aliphatic rings. The van der Waals surface area contributed by atoms with Crippen molar-refractivity contribution in [3.63, 3.8) is 0 Å². The SMILES string of the molecule is CC(C)(C)OC(=O)N1CCN(c2ccc(N3CC(COc4ccon4)OC3=O)cc2F)CC1. The van der Waals surface area contributed by atoms with Crippen LogP contribution >= 0.6 is 0 Å². The average Bonchev–Trinajstić information content (AvgIpc) is 3.40. The van der Waals surface area contributed by atoms with Gasteiger partial charge in [0.25, 0.3) is 5.88 Å². The molecule has 0 saturated carbocycles. The van der Waals surface area contributed by atoms with Gasteiger partial charge in [-0.2, -0.15) is 0 Å². The summed E-state index contributed by atoms with van der Waals surface area (Å²) < 4.78 is 35.8. The Morgan fingerprint density at radius 2 is 1.97 bits per heavy atom. The van der Waals surface area contributed by atoms with Gasteiger partial charge in [-0.3, -0.25) is 4.90 Å². The molecule has 33 heavy (non-hydrogen) atoms. The predicted octanol–water partition coefficient (Wildman–Crippen LogP) is 3.28.